The summed E-state index contributed by atoms with van der Waals surface area (Å²) in [5.74, 6) is 0.376. The van der Waals surface area contributed by atoms with Gasteiger partial charge < -0.3 is 9.84 Å². The topological polar surface area (TPSA) is 90.3 Å². The van der Waals surface area contributed by atoms with Crippen molar-refractivity contribution in [1.29, 1.82) is 5.26 Å². The van der Waals surface area contributed by atoms with Gasteiger partial charge in [0.25, 0.3) is 5.90 Å². The number of aliphatic imine (C=N–C) groups is 1. The number of hydrogen-bond acceptors (Lipinski definition) is 6. The Kier molecular flexibility index (Phi) is 2.75. The van der Waals surface area contributed by atoms with E-state index in [1.807, 2.05) is 6.07 Å². The van der Waals surface area contributed by atoms with Crippen LogP contribution in [0.25, 0.3) is 0 Å². The quantitative estimate of drug-likeness (QED) is 0.806. The maximum absolute atomic E-state index is 9.23. The van der Waals surface area contributed by atoms with Gasteiger partial charge in [-0.15, -0.1) is 5.11 Å². The Balaban J connectivity index is 2.09. The van der Waals surface area contributed by atoms with Gasteiger partial charge >= 0.3 is 5.66 Å². The molecule has 2 rings (SSSR count). The van der Waals surface area contributed by atoms with E-state index < -0.39 is 5.66 Å². The third kappa shape index (κ3) is 2.23. The molecule has 0 saturated carbocycles. The molecule has 0 fully saturated rings. The fourth-order valence-electron chi connectivity index (χ4n) is 1.23. The smallest absolute Gasteiger partial charge is 0.334 e. The molecule has 1 unspecified atom stereocenters. The average Bonchev–Trinajstić information content (AvgIpc) is 3.02. The predicted molar refractivity (Wildman–Crippen MR) is 60.0 cm³/mol. The summed E-state index contributed by atoms with van der Waals surface area (Å²) < 4.78 is 5.10. The highest BCUT2D eigenvalue weighted by Gasteiger charge is 2.52. The molecule has 1 aliphatic rings. The van der Waals surface area contributed by atoms with Crippen molar-refractivity contribution < 1.29 is 9.84 Å². The van der Waals surface area contributed by atoms with Crippen molar-refractivity contribution in [2.75, 3.05) is 6.61 Å². The SMILES string of the molecule is CCOC1=NC1(C#N)N=Nc1cccc(O)c1. The van der Waals surface area contributed by atoms with Gasteiger partial charge in [-0.25, -0.2) is 0 Å². The zero-order valence-corrected chi connectivity index (χ0v) is 9.16. The van der Waals surface area contributed by atoms with E-state index in [2.05, 4.69) is 15.2 Å². The molecule has 86 valence electrons. The monoisotopic (exact) mass is 230 g/mol. The Morgan fingerprint density at radius 2 is 2.41 bits per heavy atom. The molecule has 6 heteroatoms. The number of nitrogens with zero attached hydrogens (tertiary/aromatic N) is 4. The Bertz CT molecular complexity index is 533. The zero-order valence-electron chi connectivity index (χ0n) is 9.16. The molecule has 1 heterocycles. The lowest BCUT2D eigenvalue weighted by Crippen LogP contribution is -2.14. The molecule has 0 bridgehead atoms. The van der Waals surface area contributed by atoms with Gasteiger partial charge in [-0.3, -0.25) is 0 Å². The Morgan fingerprint density at radius 3 is 3.06 bits per heavy atom. The molecule has 1 aliphatic heterocycles. The highest BCUT2D eigenvalue weighted by molar-refractivity contribution is 6.01. The second-order valence-electron chi connectivity index (χ2n) is 3.35. The third-order valence-corrected chi connectivity index (χ3v) is 2.09. The predicted octanol–water partition coefficient (Wildman–Crippen LogP) is 2.14. The van der Waals surface area contributed by atoms with Crippen LogP contribution in [-0.2, 0) is 4.74 Å². The third-order valence-electron chi connectivity index (χ3n) is 2.09. The molecule has 1 aromatic carbocycles. The van der Waals surface area contributed by atoms with E-state index in [-0.39, 0.29) is 11.6 Å². The molecule has 0 aromatic heterocycles. The van der Waals surface area contributed by atoms with Gasteiger partial charge in [0.1, 0.15) is 11.8 Å². The minimum Gasteiger partial charge on any atom is -0.508 e. The van der Waals surface area contributed by atoms with E-state index >= 15 is 0 Å². The van der Waals surface area contributed by atoms with Crippen LogP contribution in [0.5, 0.6) is 5.75 Å². The van der Waals surface area contributed by atoms with Gasteiger partial charge in [0.2, 0.25) is 0 Å². The number of ether oxygens (including phenoxy) is 1. The maximum atomic E-state index is 9.23. The fourth-order valence-corrected chi connectivity index (χ4v) is 1.23. The number of phenolic OH excluding ortho intramolecular Hbond substituents is 1. The van der Waals surface area contributed by atoms with Gasteiger partial charge in [0.15, 0.2) is 0 Å². The Labute approximate surface area is 97.9 Å². The summed E-state index contributed by atoms with van der Waals surface area (Å²) in [6, 6.07) is 8.19. The first kappa shape index (κ1) is 11.1. The second-order valence-corrected chi connectivity index (χ2v) is 3.35. The van der Waals surface area contributed by atoms with Crippen molar-refractivity contribution in [1.82, 2.24) is 0 Å². The van der Waals surface area contributed by atoms with Crippen molar-refractivity contribution in [2.24, 2.45) is 15.2 Å². The first-order chi connectivity index (χ1) is 8.20. The largest absolute Gasteiger partial charge is 0.508 e. The van der Waals surface area contributed by atoms with E-state index in [1.54, 1.807) is 19.1 Å². The van der Waals surface area contributed by atoms with Crippen molar-refractivity contribution in [3.05, 3.63) is 24.3 Å². The molecule has 0 aliphatic carbocycles. The Hall–Kier alpha value is -2.42. The minimum absolute atomic E-state index is 0.0919. The van der Waals surface area contributed by atoms with Crippen LogP contribution in [-0.4, -0.2) is 23.3 Å². The number of hydrogen-bond donors (Lipinski definition) is 1. The van der Waals surface area contributed by atoms with E-state index in [9.17, 15) is 5.11 Å². The molecule has 1 aromatic rings. The maximum Gasteiger partial charge on any atom is 0.334 e. The summed E-state index contributed by atoms with van der Waals surface area (Å²) >= 11 is 0. The van der Waals surface area contributed by atoms with Crippen LogP contribution in [0.4, 0.5) is 5.69 Å². The van der Waals surface area contributed by atoms with Gasteiger partial charge in [0, 0.05) is 6.07 Å². The molecule has 0 spiro atoms. The van der Waals surface area contributed by atoms with E-state index in [0.29, 0.717) is 12.3 Å². The van der Waals surface area contributed by atoms with Crippen molar-refractivity contribution >= 4 is 11.6 Å². The minimum atomic E-state index is -1.29. The number of nitriles is 1. The number of phenols is 1. The number of rotatable bonds is 3. The Morgan fingerprint density at radius 1 is 1.59 bits per heavy atom. The zero-order chi connectivity index (χ0) is 12.3. The number of benzene rings is 1. The summed E-state index contributed by atoms with van der Waals surface area (Å²) in [6.07, 6.45) is 0. The summed E-state index contributed by atoms with van der Waals surface area (Å²) in [6.45, 7) is 2.24. The van der Waals surface area contributed by atoms with Crippen LogP contribution >= 0.6 is 0 Å². The van der Waals surface area contributed by atoms with Crippen LogP contribution in [0.15, 0.2) is 39.5 Å². The molecule has 17 heavy (non-hydrogen) atoms. The van der Waals surface area contributed by atoms with E-state index in [4.69, 9.17) is 10.00 Å². The first-order valence-corrected chi connectivity index (χ1v) is 5.06. The average molecular weight is 230 g/mol. The summed E-state index contributed by atoms with van der Waals surface area (Å²) in [5, 5.41) is 25.8. The molecule has 0 amide bonds. The molecule has 0 saturated heterocycles. The number of azo groups is 1. The standard InChI is InChI=1S/C11H10N4O2/c1-2-17-10-11(7-12,13-10)15-14-8-4-3-5-9(16)6-8/h3-6,16H,2H2,1H3. The lowest BCUT2D eigenvalue weighted by Gasteiger charge is -1.98. The highest BCUT2D eigenvalue weighted by atomic mass is 16.5. The molecular formula is C11H10N4O2. The van der Waals surface area contributed by atoms with Crippen molar-refractivity contribution in [3.63, 3.8) is 0 Å². The van der Waals surface area contributed by atoms with Crippen LogP contribution < -0.4 is 0 Å². The van der Waals surface area contributed by atoms with Gasteiger partial charge in [-0.1, -0.05) is 6.07 Å². The normalized spacial score (nSPS) is 22.0. The summed E-state index contributed by atoms with van der Waals surface area (Å²) in [7, 11) is 0. The van der Waals surface area contributed by atoms with E-state index in [0.717, 1.165) is 0 Å². The van der Waals surface area contributed by atoms with Gasteiger partial charge in [0.05, 0.1) is 12.3 Å². The molecule has 1 atom stereocenters. The van der Waals surface area contributed by atoms with Crippen molar-refractivity contribution in [3.8, 4) is 11.8 Å². The molecule has 6 nitrogen and oxygen atoms in total. The number of aromatic hydroxyl groups is 1. The van der Waals surface area contributed by atoms with Gasteiger partial charge in [-0.2, -0.15) is 15.4 Å². The first-order valence-electron chi connectivity index (χ1n) is 5.06. The van der Waals surface area contributed by atoms with Crippen LogP contribution in [0.3, 0.4) is 0 Å². The lowest BCUT2D eigenvalue weighted by molar-refractivity contribution is 0.329. The second kappa shape index (κ2) is 4.22. The summed E-state index contributed by atoms with van der Waals surface area (Å²) in [5.41, 5.74) is -0.834. The summed E-state index contributed by atoms with van der Waals surface area (Å²) in [4.78, 5) is 3.84. The molecule has 0 radical (unpaired) electrons. The molecular weight excluding hydrogens is 220 g/mol. The molecule has 1 N–H and O–H groups in total. The lowest BCUT2D eigenvalue weighted by atomic mass is 10.3. The van der Waals surface area contributed by atoms with Crippen LogP contribution in [0.2, 0.25) is 0 Å². The van der Waals surface area contributed by atoms with E-state index in [1.165, 1.54) is 12.1 Å². The van der Waals surface area contributed by atoms with Crippen LogP contribution in [0.1, 0.15) is 6.92 Å². The highest BCUT2D eigenvalue weighted by Crippen LogP contribution is 2.31. The van der Waals surface area contributed by atoms with Gasteiger partial charge in [-0.05, 0) is 19.1 Å². The van der Waals surface area contributed by atoms with Crippen molar-refractivity contribution in [2.45, 2.75) is 12.6 Å². The fraction of sp³-hybridized carbons (Fsp3) is 0.273. The van der Waals surface area contributed by atoms with Crippen LogP contribution in [0, 0.1) is 11.3 Å².